The summed E-state index contributed by atoms with van der Waals surface area (Å²) in [5, 5.41) is 12.5. The molecular weight excluding hydrogens is 258 g/mol. The summed E-state index contributed by atoms with van der Waals surface area (Å²) in [6.07, 6.45) is 0.415. The third-order valence-corrected chi connectivity index (χ3v) is 2.77. The SMILES string of the molecule is COC(=O)/C(=C/SC#N)Cc1ccc(Cl)cc1. The monoisotopic (exact) mass is 267 g/mol. The van der Waals surface area contributed by atoms with Crippen LogP contribution in [0.3, 0.4) is 0 Å². The van der Waals surface area contributed by atoms with E-state index in [1.165, 1.54) is 12.5 Å². The van der Waals surface area contributed by atoms with Gasteiger partial charge in [0.25, 0.3) is 0 Å². The Morgan fingerprint density at radius 1 is 1.53 bits per heavy atom. The zero-order chi connectivity index (χ0) is 12.7. The second-order valence-electron chi connectivity index (χ2n) is 3.15. The fourth-order valence-corrected chi connectivity index (χ4v) is 1.71. The second kappa shape index (κ2) is 7.00. The molecule has 0 aliphatic heterocycles. The van der Waals surface area contributed by atoms with Crippen LogP contribution in [-0.2, 0) is 16.0 Å². The Hall–Kier alpha value is -1.44. The average Bonchev–Trinajstić information content (AvgIpc) is 2.36. The first kappa shape index (κ1) is 13.6. The number of carbonyl (C=O) groups excluding carboxylic acids is 1. The van der Waals surface area contributed by atoms with E-state index in [9.17, 15) is 4.79 Å². The highest BCUT2D eigenvalue weighted by molar-refractivity contribution is 8.06. The maximum absolute atomic E-state index is 11.4. The van der Waals surface area contributed by atoms with Gasteiger partial charge in [-0.1, -0.05) is 23.7 Å². The molecule has 0 saturated heterocycles. The van der Waals surface area contributed by atoms with Crippen molar-refractivity contribution >= 4 is 29.3 Å². The van der Waals surface area contributed by atoms with Gasteiger partial charge in [0, 0.05) is 17.0 Å². The molecule has 0 amide bonds. The van der Waals surface area contributed by atoms with E-state index < -0.39 is 5.97 Å². The Balaban J connectivity index is 2.83. The van der Waals surface area contributed by atoms with Crippen LogP contribution in [0, 0.1) is 10.7 Å². The molecule has 0 unspecified atom stereocenters. The maximum atomic E-state index is 11.4. The summed E-state index contributed by atoms with van der Waals surface area (Å²) in [7, 11) is 1.31. The number of halogens is 1. The number of methoxy groups -OCH3 is 1. The minimum atomic E-state index is -0.428. The number of ether oxygens (including phenoxy) is 1. The topological polar surface area (TPSA) is 50.1 Å². The van der Waals surface area contributed by atoms with E-state index in [0.717, 1.165) is 17.3 Å². The average molecular weight is 268 g/mol. The van der Waals surface area contributed by atoms with Gasteiger partial charge in [-0.25, -0.2) is 4.79 Å². The molecule has 5 heteroatoms. The molecule has 0 aromatic heterocycles. The van der Waals surface area contributed by atoms with Crippen LogP contribution in [0.25, 0.3) is 0 Å². The van der Waals surface area contributed by atoms with Crippen molar-refractivity contribution in [3.63, 3.8) is 0 Å². The summed E-state index contributed by atoms with van der Waals surface area (Å²) >= 11 is 6.67. The van der Waals surface area contributed by atoms with E-state index in [4.69, 9.17) is 16.9 Å². The molecule has 0 fully saturated rings. The summed E-state index contributed by atoms with van der Waals surface area (Å²) in [6.45, 7) is 0. The maximum Gasteiger partial charge on any atom is 0.334 e. The lowest BCUT2D eigenvalue weighted by Crippen LogP contribution is -2.07. The summed E-state index contributed by atoms with van der Waals surface area (Å²) in [6, 6.07) is 7.17. The van der Waals surface area contributed by atoms with Gasteiger partial charge < -0.3 is 4.74 Å². The molecule has 0 radical (unpaired) electrons. The first-order valence-corrected chi connectivity index (χ1v) is 5.99. The Morgan fingerprint density at radius 3 is 2.71 bits per heavy atom. The minimum absolute atomic E-state index is 0.415. The standard InChI is InChI=1S/C12H10ClNO2S/c1-16-12(15)10(7-17-8-14)6-9-2-4-11(13)5-3-9/h2-5,7H,6H2,1H3/b10-7+. The van der Waals surface area contributed by atoms with Gasteiger partial charge in [-0.3, -0.25) is 0 Å². The Bertz CT molecular complexity index is 462. The third-order valence-electron chi connectivity index (χ3n) is 2.01. The van der Waals surface area contributed by atoms with Gasteiger partial charge in [-0.05, 0) is 34.9 Å². The van der Waals surface area contributed by atoms with E-state index in [1.54, 1.807) is 12.1 Å². The van der Waals surface area contributed by atoms with Gasteiger partial charge in [0.05, 0.1) is 7.11 Å². The number of esters is 1. The number of nitrogens with zero attached hydrogens (tertiary/aromatic N) is 1. The molecule has 17 heavy (non-hydrogen) atoms. The summed E-state index contributed by atoms with van der Waals surface area (Å²) in [5.74, 6) is -0.428. The van der Waals surface area contributed by atoms with Gasteiger partial charge in [-0.2, -0.15) is 5.26 Å². The molecule has 0 atom stereocenters. The summed E-state index contributed by atoms with van der Waals surface area (Å²) < 4.78 is 4.65. The van der Waals surface area contributed by atoms with Crippen LogP contribution < -0.4 is 0 Å². The van der Waals surface area contributed by atoms with Gasteiger partial charge >= 0.3 is 5.97 Å². The van der Waals surface area contributed by atoms with Crippen LogP contribution >= 0.6 is 23.4 Å². The molecule has 0 bridgehead atoms. The molecule has 0 spiro atoms. The van der Waals surface area contributed by atoms with Gasteiger partial charge in [0.15, 0.2) is 0 Å². The normalized spacial score (nSPS) is 10.8. The lowest BCUT2D eigenvalue weighted by Gasteiger charge is -2.04. The Morgan fingerprint density at radius 2 is 2.18 bits per heavy atom. The fourth-order valence-electron chi connectivity index (χ4n) is 1.21. The fraction of sp³-hybridized carbons (Fsp3) is 0.167. The van der Waals surface area contributed by atoms with Crippen molar-refractivity contribution in [2.24, 2.45) is 0 Å². The first-order chi connectivity index (χ1) is 8.17. The van der Waals surface area contributed by atoms with Crippen molar-refractivity contribution in [1.29, 1.82) is 5.26 Å². The van der Waals surface area contributed by atoms with Gasteiger partial charge in [-0.15, -0.1) is 0 Å². The highest BCUT2D eigenvalue weighted by atomic mass is 35.5. The molecule has 1 rings (SSSR count). The number of rotatable bonds is 4. The van der Waals surface area contributed by atoms with Crippen LogP contribution in [0.15, 0.2) is 35.2 Å². The molecule has 0 N–H and O–H groups in total. The van der Waals surface area contributed by atoms with Crippen molar-refractivity contribution in [2.75, 3.05) is 7.11 Å². The molecule has 0 saturated carbocycles. The Labute approximate surface area is 109 Å². The van der Waals surface area contributed by atoms with Crippen LogP contribution in [0.2, 0.25) is 5.02 Å². The highest BCUT2D eigenvalue weighted by Gasteiger charge is 2.10. The molecule has 0 aliphatic rings. The summed E-state index contributed by atoms with van der Waals surface area (Å²) in [5.41, 5.74) is 1.38. The minimum Gasteiger partial charge on any atom is -0.466 e. The predicted molar refractivity (Wildman–Crippen MR) is 68.5 cm³/mol. The molecule has 0 aliphatic carbocycles. The lowest BCUT2D eigenvalue weighted by molar-refractivity contribution is -0.136. The highest BCUT2D eigenvalue weighted by Crippen LogP contribution is 2.16. The van der Waals surface area contributed by atoms with Crippen LogP contribution in [0.1, 0.15) is 5.56 Å². The largest absolute Gasteiger partial charge is 0.466 e. The third kappa shape index (κ3) is 4.51. The number of nitriles is 1. The molecule has 0 heterocycles. The summed E-state index contributed by atoms with van der Waals surface area (Å²) in [4.78, 5) is 11.4. The van der Waals surface area contributed by atoms with Crippen LogP contribution in [0.4, 0.5) is 0 Å². The predicted octanol–water partition coefficient (Wildman–Crippen LogP) is 3.15. The second-order valence-corrected chi connectivity index (χ2v) is 4.24. The number of hydrogen-bond donors (Lipinski definition) is 0. The smallest absolute Gasteiger partial charge is 0.334 e. The quantitative estimate of drug-likeness (QED) is 0.478. The number of thiocyanates is 1. The molecule has 88 valence electrons. The lowest BCUT2D eigenvalue weighted by atomic mass is 10.1. The molecular formula is C12H10ClNO2S. The number of hydrogen-bond acceptors (Lipinski definition) is 4. The Kier molecular flexibility index (Phi) is 5.61. The number of thioether (sulfide) groups is 1. The number of carbonyl (C=O) groups is 1. The molecule has 1 aromatic carbocycles. The van der Waals surface area contributed by atoms with Crippen molar-refractivity contribution < 1.29 is 9.53 Å². The van der Waals surface area contributed by atoms with E-state index in [0.29, 0.717) is 17.0 Å². The van der Waals surface area contributed by atoms with E-state index in [-0.39, 0.29) is 0 Å². The van der Waals surface area contributed by atoms with E-state index in [1.807, 2.05) is 17.5 Å². The first-order valence-electron chi connectivity index (χ1n) is 4.74. The van der Waals surface area contributed by atoms with Crippen molar-refractivity contribution in [1.82, 2.24) is 0 Å². The van der Waals surface area contributed by atoms with Crippen molar-refractivity contribution in [3.05, 3.63) is 45.8 Å². The number of benzene rings is 1. The van der Waals surface area contributed by atoms with Crippen LogP contribution in [0.5, 0.6) is 0 Å². The zero-order valence-electron chi connectivity index (χ0n) is 9.14. The van der Waals surface area contributed by atoms with E-state index in [2.05, 4.69) is 4.74 Å². The van der Waals surface area contributed by atoms with Gasteiger partial charge in [0.1, 0.15) is 5.40 Å². The van der Waals surface area contributed by atoms with Crippen molar-refractivity contribution in [3.8, 4) is 5.40 Å². The van der Waals surface area contributed by atoms with Gasteiger partial charge in [0.2, 0.25) is 0 Å². The van der Waals surface area contributed by atoms with E-state index >= 15 is 0 Å². The molecule has 1 aromatic rings. The zero-order valence-corrected chi connectivity index (χ0v) is 10.7. The molecule has 3 nitrogen and oxygen atoms in total. The van der Waals surface area contributed by atoms with Crippen molar-refractivity contribution in [2.45, 2.75) is 6.42 Å². The van der Waals surface area contributed by atoms with Crippen LogP contribution in [-0.4, -0.2) is 13.1 Å².